The number of halogens is 1. The first kappa shape index (κ1) is 10.2. The van der Waals surface area contributed by atoms with E-state index in [4.69, 9.17) is 11.6 Å². The van der Waals surface area contributed by atoms with Gasteiger partial charge < -0.3 is 4.98 Å². The molecule has 0 aliphatic carbocycles. The minimum absolute atomic E-state index is 0.0882. The van der Waals surface area contributed by atoms with Crippen molar-refractivity contribution in [3.8, 4) is 0 Å². The van der Waals surface area contributed by atoms with Gasteiger partial charge in [0.05, 0.1) is 5.52 Å². The van der Waals surface area contributed by atoms with Gasteiger partial charge in [-0.25, -0.2) is 0 Å². The number of aromatic nitrogens is 1. The molecule has 1 heterocycles. The summed E-state index contributed by atoms with van der Waals surface area (Å²) in [6, 6.07) is 3.91. The molecule has 0 amide bonds. The summed E-state index contributed by atoms with van der Waals surface area (Å²) >= 11 is 5.92. The zero-order valence-electron chi connectivity index (χ0n) is 8.94. The molecule has 0 saturated carbocycles. The highest BCUT2D eigenvalue weighted by molar-refractivity contribution is 6.31. The van der Waals surface area contributed by atoms with E-state index in [0.717, 1.165) is 22.3 Å². The average Bonchev–Trinajstić information content (AvgIpc) is 2.17. The van der Waals surface area contributed by atoms with Crippen LogP contribution in [-0.2, 0) is 0 Å². The summed E-state index contributed by atoms with van der Waals surface area (Å²) in [7, 11) is 0. The summed E-state index contributed by atoms with van der Waals surface area (Å²) in [4.78, 5) is 15.1. The second-order valence-electron chi connectivity index (χ2n) is 3.90. The number of rotatable bonds is 0. The van der Waals surface area contributed by atoms with E-state index in [2.05, 4.69) is 4.98 Å². The number of benzene rings is 1. The van der Waals surface area contributed by atoms with Gasteiger partial charge in [-0.15, -0.1) is 0 Å². The standard InChI is InChI=1S/C12H12ClNO/c1-6-4-7(2)11-9(5-6)12(15)10(13)8(3)14-11/h4-5H,1-3H3,(H,14,15). The highest BCUT2D eigenvalue weighted by atomic mass is 35.5. The summed E-state index contributed by atoms with van der Waals surface area (Å²) in [5.41, 5.74) is 3.66. The number of aryl methyl sites for hydroxylation is 3. The highest BCUT2D eigenvalue weighted by Crippen LogP contribution is 2.19. The molecule has 1 aromatic carbocycles. The molecule has 15 heavy (non-hydrogen) atoms. The number of H-pyrrole nitrogens is 1. The van der Waals surface area contributed by atoms with E-state index >= 15 is 0 Å². The van der Waals surface area contributed by atoms with Crippen molar-refractivity contribution in [2.45, 2.75) is 20.8 Å². The van der Waals surface area contributed by atoms with Gasteiger partial charge in [0, 0.05) is 11.1 Å². The van der Waals surface area contributed by atoms with E-state index in [1.165, 1.54) is 0 Å². The fourth-order valence-corrected chi connectivity index (χ4v) is 1.99. The van der Waals surface area contributed by atoms with Crippen LogP contribution >= 0.6 is 11.6 Å². The van der Waals surface area contributed by atoms with Gasteiger partial charge in [0.15, 0.2) is 0 Å². The lowest BCUT2D eigenvalue weighted by molar-refractivity contribution is 1.22. The molecule has 0 atom stereocenters. The van der Waals surface area contributed by atoms with Crippen LogP contribution in [0, 0.1) is 20.8 Å². The molecule has 1 aromatic heterocycles. The average molecular weight is 222 g/mol. The van der Waals surface area contributed by atoms with Crippen LogP contribution in [0.15, 0.2) is 16.9 Å². The van der Waals surface area contributed by atoms with Crippen molar-refractivity contribution in [3.05, 3.63) is 44.2 Å². The summed E-state index contributed by atoms with van der Waals surface area (Å²) in [5, 5.41) is 0.954. The predicted molar refractivity (Wildman–Crippen MR) is 63.8 cm³/mol. The Morgan fingerprint density at radius 2 is 1.87 bits per heavy atom. The van der Waals surface area contributed by atoms with Gasteiger partial charge >= 0.3 is 0 Å². The zero-order valence-corrected chi connectivity index (χ0v) is 9.70. The van der Waals surface area contributed by atoms with Crippen LogP contribution < -0.4 is 5.43 Å². The van der Waals surface area contributed by atoms with Crippen LogP contribution in [0.3, 0.4) is 0 Å². The molecule has 0 spiro atoms. The summed E-state index contributed by atoms with van der Waals surface area (Å²) in [6.07, 6.45) is 0. The molecule has 0 bridgehead atoms. The maximum atomic E-state index is 11.9. The van der Waals surface area contributed by atoms with Crippen LogP contribution in [-0.4, -0.2) is 4.98 Å². The highest BCUT2D eigenvalue weighted by Gasteiger charge is 2.08. The number of pyridine rings is 1. The molecule has 0 radical (unpaired) electrons. The quantitative estimate of drug-likeness (QED) is 0.729. The molecular weight excluding hydrogens is 210 g/mol. The van der Waals surface area contributed by atoms with Crippen molar-refractivity contribution in [2.75, 3.05) is 0 Å². The first-order valence-corrected chi connectivity index (χ1v) is 5.18. The Hall–Kier alpha value is -1.28. The maximum absolute atomic E-state index is 11.9. The normalized spacial score (nSPS) is 10.9. The van der Waals surface area contributed by atoms with Gasteiger partial charge in [-0.1, -0.05) is 17.7 Å². The second-order valence-corrected chi connectivity index (χ2v) is 4.28. The second kappa shape index (κ2) is 3.38. The third kappa shape index (κ3) is 1.55. The monoisotopic (exact) mass is 221 g/mol. The third-order valence-electron chi connectivity index (χ3n) is 2.57. The number of nitrogens with one attached hydrogen (secondary N) is 1. The van der Waals surface area contributed by atoms with Gasteiger partial charge in [0.1, 0.15) is 5.02 Å². The van der Waals surface area contributed by atoms with Crippen LogP contribution in [0.1, 0.15) is 16.8 Å². The Kier molecular flexibility index (Phi) is 2.31. The Labute approximate surface area is 92.9 Å². The van der Waals surface area contributed by atoms with E-state index in [1.807, 2.05) is 32.9 Å². The Morgan fingerprint density at radius 3 is 2.53 bits per heavy atom. The van der Waals surface area contributed by atoms with Gasteiger partial charge in [-0.3, -0.25) is 4.79 Å². The van der Waals surface area contributed by atoms with Crippen molar-refractivity contribution >= 4 is 22.5 Å². The van der Waals surface area contributed by atoms with Crippen LogP contribution in [0.5, 0.6) is 0 Å². The summed E-state index contributed by atoms with van der Waals surface area (Å²) in [6.45, 7) is 5.76. The van der Waals surface area contributed by atoms with Crippen molar-refractivity contribution in [2.24, 2.45) is 0 Å². The predicted octanol–water partition coefficient (Wildman–Crippen LogP) is 3.11. The largest absolute Gasteiger partial charge is 0.357 e. The van der Waals surface area contributed by atoms with E-state index in [9.17, 15) is 4.79 Å². The SMILES string of the molecule is Cc1cc(C)c2[nH]c(C)c(Cl)c(=O)c2c1. The van der Waals surface area contributed by atoms with Crippen molar-refractivity contribution in [1.29, 1.82) is 0 Å². The fraction of sp³-hybridized carbons (Fsp3) is 0.250. The maximum Gasteiger partial charge on any atom is 0.208 e. The van der Waals surface area contributed by atoms with Crippen LogP contribution in [0.25, 0.3) is 10.9 Å². The molecule has 3 heteroatoms. The minimum Gasteiger partial charge on any atom is -0.357 e. The number of hydrogen-bond donors (Lipinski definition) is 1. The lowest BCUT2D eigenvalue weighted by Gasteiger charge is -2.06. The topological polar surface area (TPSA) is 32.9 Å². The Morgan fingerprint density at radius 1 is 1.20 bits per heavy atom. The molecule has 2 nitrogen and oxygen atoms in total. The molecule has 0 fully saturated rings. The number of fused-ring (bicyclic) bond motifs is 1. The summed E-state index contributed by atoms with van der Waals surface area (Å²) in [5.74, 6) is 0. The van der Waals surface area contributed by atoms with E-state index in [-0.39, 0.29) is 10.5 Å². The van der Waals surface area contributed by atoms with E-state index in [1.54, 1.807) is 0 Å². The van der Waals surface area contributed by atoms with Crippen LogP contribution in [0.4, 0.5) is 0 Å². The molecule has 2 aromatic rings. The Bertz CT molecular complexity index is 599. The molecule has 2 rings (SSSR count). The Balaban J connectivity index is 3.06. The lowest BCUT2D eigenvalue weighted by atomic mass is 10.1. The van der Waals surface area contributed by atoms with Gasteiger partial charge in [-0.2, -0.15) is 0 Å². The van der Waals surface area contributed by atoms with Gasteiger partial charge in [0.2, 0.25) is 5.43 Å². The van der Waals surface area contributed by atoms with Crippen LogP contribution in [0.2, 0.25) is 5.02 Å². The molecule has 0 aliphatic rings. The van der Waals surface area contributed by atoms with E-state index < -0.39 is 0 Å². The molecule has 78 valence electrons. The van der Waals surface area contributed by atoms with Crippen molar-refractivity contribution in [3.63, 3.8) is 0 Å². The van der Waals surface area contributed by atoms with Crippen molar-refractivity contribution < 1.29 is 0 Å². The fourth-order valence-electron chi connectivity index (χ4n) is 1.84. The number of hydrogen-bond acceptors (Lipinski definition) is 1. The summed E-state index contributed by atoms with van der Waals surface area (Å²) < 4.78 is 0. The lowest BCUT2D eigenvalue weighted by Crippen LogP contribution is -2.07. The molecule has 0 aliphatic heterocycles. The third-order valence-corrected chi connectivity index (χ3v) is 3.02. The van der Waals surface area contributed by atoms with Gasteiger partial charge in [0.25, 0.3) is 0 Å². The van der Waals surface area contributed by atoms with Crippen molar-refractivity contribution in [1.82, 2.24) is 4.98 Å². The number of aromatic amines is 1. The molecule has 0 unspecified atom stereocenters. The molecular formula is C12H12ClNO. The smallest absolute Gasteiger partial charge is 0.208 e. The van der Waals surface area contributed by atoms with E-state index in [0.29, 0.717) is 5.39 Å². The van der Waals surface area contributed by atoms with Gasteiger partial charge in [-0.05, 0) is 38.0 Å². The minimum atomic E-state index is -0.0882. The molecule has 1 N–H and O–H groups in total. The first-order chi connectivity index (χ1) is 7.00. The molecule has 0 saturated heterocycles. The first-order valence-electron chi connectivity index (χ1n) is 4.80. The zero-order chi connectivity index (χ0) is 11.2.